The zero-order valence-electron chi connectivity index (χ0n) is 12.7. The Balaban J connectivity index is 2.29. The highest BCUT2D eigenvalue weighted by molar-refractivity contribution is 6.00. The predicted molar refractivity (Wildman–Crippen MR) is 78.7 cm³/mol. The molecule has 0 bridgehead atoms. The number of hydrogen-bond donors (Lipinski definition) is 3. The molecule has 8 heteroatoms. The Labute approximate surface area is 131 Å². The lowest BCUT2D eigenvalue weighted by Crippen LogP contribution is -2.55. The molecule has 1 aliphatic heterocycles. The number of hydrogen-bond acceptors (Lipinski definition) is 4. The first-order valence-electron chi connectivity index (χ1n) is 6.94. The smallest absolute Gasteiger partial charge is 0.331 e. The maximum atomic E-state index is 14.1. The maximum Gasteiger partial charge on any atom is 0.331 e. The van der Waals surface area contributed by atoms with Gasteiger partial charge in [-0.3, -0.25) is 9.59 Å². The van der Waals surface area contributed by atoms with Crippen molar-refractivity contribution in [2.24, 2.45) is 0 Å². The Kier molecular flexibility index (Phi) is 4.65. The van der Waals surface area contributed by atoms with Crippen LogP contribution in [0, 0.1) is 5.82 Å². The van der Waals surface area contributed by atoms with E-state index < -0.39 is 23.2 Å². The lowest BCUT2D eigenvalue weighted by molar-refractivity contribution is -0.145. The van der Waals surface area contributed by atoms with Crippen molar-refractivity contribution in [1.82, 2.24) is 5.32 Å². The summed E-state index contributed by atoms with van der Waals surface area (Å²) in [5, 5.41) is 14.0. The van der Waals surface area contributed by atoms with Gasteiger partial charge in [-0.2, -0.15) is 0 Å². The fourth-order valence-electron chi connectivity index (χ4n) is 2.33. The maximum absolute atomic E-state index is 14.1. The van der Waals surface area contributed by atoms with E-state index >= 15 is 0 Å². The van der Waals surface area contributed by atoms with Crippen LogP contribution in [0.1, 0.15) is 29.3 Å². The van der Waals surface area contributed by atoms with E-state index in [0.717, 1.165) is 6.07 Å². The number of anilines is 1. The molecule has 0 fully saturated rings. The van der Waals surface area contributed by atoms with E-state index in [2.05, 4.69) is 10.6 Å². The minimum absolute atomic E-state index is 0.215. The van der Waals surface area contributed by atoms with E-state index in [9.17, 15) is 23.9 Å². The number of aliphatic carboxylic acids is 1. The van der Waals surface area contributed by atoms with Crippen LogP contribution in [0.15, 0.2) is 12.1 Å². The molecule has 1 atom stereocenters. The van der Waals surface area contributed by atoms with Crippen LogP contribution in [0.3, 0.4) is 0 Å². The Bertz CT molecular complexity index is 676. The number of carboxylic acid groups (broad SMARTS) is 1. The van der Waals surface area contributed by atoms with Gasteiger partial charge in [0.05, 0.1) is 12.2 Å². The molecule has 0 aromatic heterocycles. The van der Waals surface area contributed by atoms with Crippen molar-refractivity contribution in [2.75, 3.05) is 19.0 Å². The molecule has 7 nitrogen and oxygen atoms in total. The van der Waals surface area contributed by atoms with Gasteiger partial charge in [-0.25, -0.2) is 9.18 Å². The van der Waals surface area contributed by atoms with Crippen molar-refractivity contribution in [3.05, 3.63) is 29.1 Å². The van der Waals surface area contributed by atoms with Gasteiger partial charge in [-0.15, -0.1) is 0 Å². The minimum Gasteiger partial charge on any atom is -0.479 e. The van der Waals surface area contributed by atoms with Gasteiger partial charge in [0, 0.05) is 19.2 Å². The molecular formula is C15H17FN2O5. The van der Waals surface area contributed by atoms with Crippen LogP contribution in [-0.2, 0) is 20.7 Å². The highest BCUT2D eigenvalue weighted by atomic mass is 19.1. The molecule has 1 aromatic rings. The number of nitrogens with one attached hydrogen (secondary N) is 2. The van der Waals surface area contributed by atoms with Crippen LogP contribution in [0.2, 0.25) is 0 Å². The fourth-order valence-corrected chi connectivity index (χ4v) is 2.33. The summed E-state index contributed by atoms with van der Waals surface area (Å²) >= 11 is 0. The molecule has 0 saturated carbocycles. The van der Waals surface area contributed by atoms with Crippen molar-refractivity contribution in [1.29, 1.82) is 0 Å². The average Bonchev–Trinajstić information content (AvgIpc) is 2.46. The van der Waals surface area contributed by atoms with Gasteiger partial charge in [0.25, 0.3) is 5.91 Å². The van der Waals surface area contributed by atoms with Gasteiger partial charge in [0.2, 0.25) is 5.91 Å². The topological polar surface area (TPSA) is 105 Å². The average molecular weight is 324 g/mol. The summed E-state index contributed by atoms with van der Waals surface area (Å²) in [6.07, 6.45) is 0.631. The van der Waals surface area contributed by atoms with E-state index in [1.165, 1.54) is 20.1 Å². The third-order valence-electron chi connectivity index (χ3n) is 3.63. The van der Waals surface area contributed by atoms with Crippen LogP contribution in [-0.4, -0.2) is 42.1 Å². The van der Waals surface area contributed by atoms with E-state index in [1.807, 2.05) is 0 Å². The standard InChI is InChI=1S/C15H17FN2O5/c1-15(7-23-2,14(21)22)18-13(20)9-5-8-3-4-12(19)17-11(8)6-10(9)16/h5-6H,3-4,7H2,1-2H3,(H,17,19)(H,18,20)(H,21,22). The van der Waals surface area contributed by atoms with Crippen molar-refractivity contribution in [2.45, 2.75) is 25.3 Å². The number of aryl methyl sites for hydroxylation is 1. The Morgan fingerprint density at radius 1 is 1.43 bits per heavy atom. The van der Waals surface area contributed by atoms with Crippen molar-refractivity contribution in [3.63, 3.8) is 0 Å². The van der Waals surface area contributed by atoms with E-state index in [0.29, 0.717) is 17.7 Å². The number of ether oxygens (including phenoxy) is 1. The normalized spacial score (nSPS) is 16.0. The fraction of sp³-hybridized carbons (Fsp3) is 0.400. The second-order valence-corrected chi connectivity index (χ2v) is 5.56. The Morgan fingerprint density at radius 2 is 2.13 bits per heavy atom. The molecule has 0 aliphatic carbocycles. The summed E-state index contributed by atoms with van der Waals surface area (Å²) in [5.74, 6) is -3.20. The summed E-state index contributed by atoms with van der Waals surface area (Å²) in [7, 11) is 1.30. The summed E-state index contributed by atoms with van der Waals surface area (Å²) in [4.78, 5) is 34.8. The Hall–Kier alpha value is -2.48. The lowest BCUT2D eigenvalue weighted by atomic mass is 9.98. The van der Waals surface area contributed by atoms with Gasteiger partial charge in [0.15, 0.2) is 5.54 Å². The van der Waals surface area contributed by atoms with E-state index in [1.54, 1.807) is 0 Å². The third-order valence-corrected chi connectivity index (χ3v) is 3.63. The largest absolute Gasteiger partial charge is 0.479 e. The van der Waals surface area contributed by atoms with Gasteiger partial charge < -0.3 is 20.5 Å². The van der Waals surface area contributed by atoms with E-state index in [-0.39, 0.29) is 24.5 Å². The number of rotatable bonds is 5. The summed E-state index contributed by atoms with van der Waals surface area (Å²) in [6.45, 7) is 1.00. The van der Waals surface area contributed by atoms with Crippen LogP contribution in [0.25, 0.3) is 0 Å². The third kappa shape index (κ3) is 3.48. The van der Waals surface area contributed by atoms with Crippen LogP contribution in [0.4, 0.5) is 10.1 Å². The summed E-state index contributed by atoms with van der Waals surface area (Å²) in [5.41, 5.74) is -1.00. The van der Waals surface area contributed by atoms with Crippen LogP contribution in [0.5, 0.6) is 0 Å². The van der Waals surface area contributed by atoms with Gasteiger partial charge in [-0.05, 0) is 31.0 Å². The van der Waals surface area contributed by atoms with Gasteiger partial charge in [0.1, 0.15) is 5.82 Å². The number of carbonyl (C=O) groups is 3. The first kappa shape index (κ1) is 16.9. The number of amides is 2. The number of halogens is 1. The van der Waals surface area contributed by atoms with Crippen LogP contribution >= 0.6 is 0 Å². The highest BCUT2D eigenvalue weighted by Gasteiger charge is 2.36. The van der Waals surface area contributed by atoms with Crippen molar-refractivity contribution >= 4 is 23.5 Å². The van der Waals surface area contributed by atoms with Crippen LogP contribution < -0.4 is 10.6 Å². The SMILES string of the molecule is COCC(C)(NC(=O)c1cc2c(cc1F)NC(=O)CC2)C(=O)O. The molecule has 1 heterocycles. The first-order valence-corrected chi connectivity index (χ1v) is 6.94. The molecule has 1 aliphatic rings. The van der Waals surface area contributed by atoms with E-state index in [4.69, 9.17) is 4.74 Å². The second kappa shape index (κ2) is 6.33. The van der Waals surface area contributed by atoms with Crippen molar-refractivity contribution in [3.8, 4) is 0 Å². The molecule has 0 saturated heterocycles. The zero-order valence-corrected chi connectivity index (χ0v) is 12.7. The highest BCUT2D eigenvalue weighted by Crippen LogP contribution is 2.26. The molecule has 124 valence electrons. The summed E-state index contributed by atoms with van der Waals surface area (Å²) < 4.78 is 18.9. The van der Waals surface area contributed by atoms with Gasteiger partial charge in [-0.1, -0.05) is 0 Å². The molecule has 0 spiro atoms. The minimum atomic E-state index is -1.68. The number of carboxylic acids is 1. The zero-order chi connectivity index (χ0) is 17.2. The molecule has 3 N–H and O–H groups in total. The monoisotopic (exact) mass is 324 g/mol. The Morgan fingerprint density at radius 3 is 2.74 bits per heavy atom. The quantitative estimate of drug-likeness (QED) is 0.747. The first-order chi connectivity index (χ1) is 10.8. The molecular weight excluding hydrogens is 307 g/mol. The molecule has 2 amide bonds. The molecule has 23 heavy (non-hydrogen) atoms. The number of carbonyl (C=O) groups excluding carboxylic acids is 2. The summed E-state index contributed by atoms with van der Waals surface area (Å²) in [6, 6.07) is 2.39. The van der Waals surface area contributed by atoms with Gasteiger partial charge >= 0.3 is 5.97 Å². The number of benzene rings is 1. The number of methoxy groups -OCH3 is 1. The molecule has 2 rings (SSSR count). The predicted octanol–water partition coefficient (Wildman–Crippen LogP) is 0.930. The molecule has 1 unspecified atom stereocenters. The lowest BCUT2D eigenvalue weighted by Gasteiger charge is -2.26. The molecule has 1 aromatic carbocycles. The number of fused-ring (bicyclic) bond motifs is 1. The van der Waals surface area contributed by atoms with Crippen molar-refractivity contribution < 1.29 is 28.6 Å². The second-order valence-electron chi connectivity index (χ2n) is 5.56. The molecule has 0 radical (unpaired) electrons.